The molecule has 1 unspecified atom stereocenters. The van der Waals surface area contributed by atoms with Gasteiger partial charge >= 0.3 is 0 Å². The molecule has 0 spiro atoms. The molecule has 0 amide bonds. The van der Waals surface area contributed by atoms with Gasteiger partial charge in [-0.15, -0.1) is 0 Å². The molecule has 3 heterocycles. The van der Waals surface area contributed by atoms with Gasteiger partial charge in [-0.05, 0) is 49.3 Å². The van der Waals surface area contributed by atoms with Crippen molar-refractivity contribution in [3.8, 4) is 0 Å². The van der Waals surface area contributed by atoms with Crippen LogP contribution in [0, 0.1) is 12.8 Å². The highest BCUT2D eigenvalue weighted by Gasteiger charge is 2.17. The van der Waals surface area contributed by atoms with Gasteiger partial charge in [-0.2, -0.15) is 11.8 Å². The highest BCUT2D eigenvalue weighted by Crippen LogP contribution is 2.25. The molecule has 1 atom stereocenters. The fourth-order valence-corrected chi connectivity index (χ4v) is 3.64. The zero-order valence-electron chi connectivity index (χ0n) is 10.1. The van der Waals surface area contributed by atoms with Crippen LogP contribution in [0.5, 0.6) is 0 Å². The quantitative estimate of drug-likeness (QED) is 0.817. The number of nitrogens with zero attached hydrogens (tertiary/aromatic N) is 3. The summed E-state index contributed by atoms with van der Waals surface area (Å²) in [5.74, 6) is 4.49. The zero-order valence-corrected chi connectivity index (χ0v) is 10.9. The summed E-state index contributed by atoms with van der Waals surface area (Å²) < 4.78 is 2.28. The maximum Gasteiger partial charge on any atom is 0.159 e. The van der Waals surface area contributed by atoms with E-state index in [2.05, 4.69) is 33.2 Å². The zero-order chi connectivity index (χ0) is 11.7. The smallest absolute Gasteiger partial charge is 0.159 e. The second kappa shape index (κ2) is 4.69. The Balaban J connectivity index is 1.90. The molecule has 4 heteroatoms. The number of aromatic nitrogens is 3. The van der Waals surface area contributed by atoms with Gasteiger partial charge in [-0.25, -0.2) is 9.97 Å². The molecule has 1 aliphatic rings. The Morgan fingerprint density at radius 2 is 2.47 bits per heavy atom. The summed E-state index contributed by atoms with van der Waals surface area (Å²) in [5.41, 5.74) is 2.06. The first-order valence-electron chi connectivity index (χ1n) is 6.20. The van der Waals surface area contributed by atoms with Crippen molar-refractivity contribution >= 4 is 22.9 Å². The second-order valence-corrected chi connectivity index (χ2v) is 5.85. The van der Waals surface area contributed by atoms with Gasteiger partial charge in [0, 0.05) is 12.7 Å². The first-order chi connectivity index (χ1) is 8.34. The van der Waals surface area contributed by atoms with E-state index in [0.29, 0.717) is 0 Å². The van der Waals surface area contributed by atoms with E-state index in [0.717, 1.165) is 29.5 Å². The SMILES string of the molecule is Cc1nc2cccnc2n1CC1CCCSC1. The molecule has 3 rings (SSSR count). The van der Waals surface area contributed by atoms with E-state index >= 15 is 0 Å². The maximum atomic E-state index is 4.57. The minimum absolute atomic E-state index is 0.784. The number of hydrogen-bond donors (Lipinski definition) is 0. The molecule has 90 valence electrons. The third-order valence-electron chi connectivity index (χ3n) is 3.39. The summed E-state index contributed by atoms with van der Waals surface area (Å²) in [7, 11) is 0. The molecule has 0 aromatic carbocycles. The molecule has 0 radical (unpaired) electrons. The summed E-state index contributed by atoms with van der Waals surface area (Å²) in [6.45, 7) is 3.16. The van der Waals surface area contributed by atoms with Crippen molar-refractivity contribution in [3.63, 3.8) is 0 Å². The van der Waals surface area contributed by atoms with E-state index < -0.39 is 0 Å². The normalized spacial score (nSPS) is 20.9. The Labute approximate surface area is 106 Å². The van der Waals surface area contributed by atoms with E-state index in [1.54, 1.807) is 0 Å². The lowest BCUT2D eigenvalue weighted by Gasteiger charge is -2.22. The van der Waals surface area contributed by atoms with Crippen molar-refractivity contribution in [1.82, 2.24) is 14.5 Å². The summed E-state index contributed by atoms with van der Waals surface area (Å²) in [4.78, 5) is 9.03. The van der Waals surface area contributed by atoms with Crippen LogP contribution in [0.25, 0.3) is 11.2 Å². The number of pyridine rings is 1. The molecule has 1 saturated heterocycles. The standard InChI is InChI=1S/C13H17N3S/c1-10-15-12-5-2-6-14-13(12)16(10)8-11-4-3-7-17-9-11/h2,5-6,11H,3-4,7-9H2,1H3. The topological polar surface area (TPSA) is 30.7 Å². The van der Waals surface area contributed by atoms with Crippen LogP contribution in [-0.4, -0.2) is 26.0 Å². The van der Waals surface area contributed by atoms with Gasteiger partial charge < -0.3 is 4.57 Å². The van der Waals surface area contributed by atoms with Crippen molar-refractivity contribution in [2.75, 3.05) is 11.5 Å². The summed E-state index contributed by atoms with van der Waals surface area (Å²) in [6, 6.07) is 4.00. The first-order valence-corrected chi connectivity index (χ1v) is 7.35. The van der Waals surface area contributed by atoms with Gasteiger partial charge in [0.25, 0.3) is 0 Å². The molecule has 3 nitrogen and oxygen atoms in total. The fraction of sp³-hybridized carbons (Fsp3) is 0.538. The van der Waals surface area contributed by atoms with Gasteiger partial charge in [-0.3, -0.25) is 0 Å². The van der Waals surface area contributed by atoms with Crippen LogP contribution in [0.3, 0.4) is 0 Å². The fourth-order valence-electron chi connectivity index (χ4n) is 2.50. The van der Waals surface area contributed by atoms with E-state index in [1.165, 1.54) is 24.3 Å². The van der Waals surface area contributed by atoms with Crippen LogP contribution < -0.4 is 0 Å². The summed E-state index contributed by atoms with van der Waals surface area (Å²) in [6.07, 6.45) is 4.56. The molecular weight excluding hydrogens is 230 g/mol. The average Bonchev–Trinajstić information content (AvgIpc) is 2.68. The highest BCUT2D eigenvalue weighted by atomic mass is 32.2. The number of imidazole rings is 1. The van der Waals surface area contributed by atoms with Gasteiger partial charge in [0.05, 0.1) is 0 Å². The summed E-state index contributed by atoms with van der Waals surface area (Å²) in [5, 5.41) is 0. The van der Waals surface area contributed by atoms with Gasteiger partial charge in [0.1, 0.15) is 11.3 Å². The molecule has 1 aliphatic heterocycles. The molecule has 0 bridgehead atoms. The molecule has 17 heavy (non-hydrogen) atoms. The Kier molecular flexibility index (Phi) is 3.05. The van der Waals surface area contributed by atoms with Crippen LogP contribution >= 0.6 is 11.8 Å². The largest absolute Gasteiger partial charge is 0.313 e. The van der Waals surface area contributed by atoms with E-state index in [9.17, 15) is 0 Å². The number of rotatable bonds is 2. The molecule has 0 N–H and O–H groups in total. The number of fused-ring (bicyclic) bond motifs is 1. The Morgan fingerprint density at radius 1 is 1.53 bits per heavy atom. The van der Waals surface area contributed by atoms with Crippen LogP contribution in [0.1, 0.15) is 18.7 Å². The predicted octanol–water partition coefficient (Wildman–Crippen LogP) is 2.88. The Hall–Kier alpha value is -1.03. The molecule has 1 fully saturated rings. The lowest BCUT2D eigenvalue weighted by Crippen LogP contribution is -2.18. The van der Waals surface area contributed by atoms with Gasteiger partial charge in [-0.1, -0.05) is 0 Å². The molecule has 0 saturated carbocycles. The van der Waals surface area contributed by atoms with E-state index in [-0.39, 0.29) is 0 Å². The van der Waals surface area contributed by atoms with Crippen LogP contribution in [0.15, 0.2) is 18.3 Å². The monoisotopic (exact) mass is 247 g/mol. The van der Waals surface area contributed by atoms with E-state index in [4.69, 9.17) is 0 Å². The number of hydrogen-bond acceptors (Lipinski definition) is 3. The third-order valence-corrected chi connectivity index (χ3v) is 4.67. The van der Waals surface area contributed by atoms with Gasteiger partial charge in [0.2, 0.25) is 0 Å². The van der Waals surface area contributed by atoms with Crippen molar-refractivity contribution < 1.29 is 0 Å². The lowest BCUT2D eigenvalue weighted by atomic mass is 10.1. The van der Waals surface area contributed by atoms with Crippen LogP contribution in [0.2, 0.25) is 0 Å². The minimum Gasteiger partial charge on any atom is -0.313 e. The number of aryl methyl sites for hydroxylation is 1. The van der Waals surface area contributed by atoms with Crippen molar-refractivity contribution in [3.05, 3.63) is 24.2 Å². The molecule has 2 aromatic heterocycles. The van der Waals surface area contributed by atoms with Crippen molar-refractivity contribution in [2.24, 2.45) is 5.92 Å². The van der Waals surface area contributed by atoms with Crippen molar-refractivity contribution in [1.29, 1.82) is 0 Å². The minimum atomic E-state index is 0.784. The summed E-state index contributed by atoms with van der Waals surface area (Å²) >= 11 is 2.08. The Bertz CT molecular complexity index is 514. The van der Waals surface area contributed by atoms with Gasteiger partial charge in [0.15, 0.2) is 5.65 Å². The highest BCUT2D eigenvalue weighted by molar-refractivity contribution is 7.99. The number of thioether (sulfide) groups is 1. The molecule has 0 aliphatic carbocycles. The third kappa shape index (κ3) is 2.18. The maximum absolute atomic E-state index is 4.57. The van der Waals surface area contributed by atoms with Crippen molar-refractivity contribution in [2.45, 2.75) is 26.3 Å². The average molecular weight is 247 g/mol. The first kappa shape index (κ1) is 11.1. The van der Waals surface area contributed by atoms with E-state index in [1.807, 2.05) is 18.3 Å². The van der Waals surface area contributed by atoms with Crippen LogP contribution in [-0.2, 0) is 6.54 Å². The van der Waals surface area contributed by atoms with Crippen LogP contribution in [0.4, 0.5) is 0 Å². The predicted molar refractivity (Wildman–Crippen MR) is 72.3 cm³/mol. The molecule has 2 aromatic rings. The molecular formula is C13H17N3S. The lowest BCUT2D eigenvalue weighted by molar-refractivity contribution is 0.445. The Morgan fingerprint density at radius 3 is 3.29 bits per heavy atom. The second-order valence-electron chi connectivity index (χ2n) is 4.70.